The van der Waals surface area contributed by atoms with Gasteiger partial charge in [0.25, 0.3) is 0 Å². The van der Waals surface area contributed by atoms with Gasteiger partial charge in [-0.25, -0.2) is 9.78 Å². The second-order valence-corrected chi connectivity index (χ2v) is 5.04. The predicted octanol–water partition coefficient (Wildman–Crippen LogP) is 2.70. The van der Waals surface area contributed by atoms with Crippen LogP contribution < -0.4 is 5.32 Å². The molecule has 102 valence electrons. The number of carbonyl (C=O) groups excluding carboxylic acids is 1. The van der Waals surface area contributed by atoms with E-state index in [0.717, 1.165) is 28.2 Å². The predicted molar refractivity (Wildman–Crippen MR) is 77.7 cm³/mol. The highest BCUT2D eigenvalue weighted by molar-refractivity contribution is 7.19. The minimum absolute atomic E-state index is 0.434. The first kappa shape index (κ1) is 14.0. The SMILES string of the molecule is Cc1ccccc1-c1cnc(NC(=O)/C=C/C(=O)O)s1. The molecule has 0 aliphatic carbocycles. The molecular formula is C14H12N2O3S. The number of carboxylic acid groups (broad SMARTS) is 1. The number of hydrogen-bond donors (Lipinski definition) is 2. The molecule has 0 radical (unpaired) electrons. The smallest absolute Gasteiger partial charge is 0.328 e. The number of hydrogen-bond acceptors (Lipinski definition) is 4. The van der Waals surface area contributed by atoms with E-state index in [0.29, 0.717) is 5.13 Å². The molecule has 5 nitrogen and oxygen atoms in total. The highest BCUT2D eigenvalue weighted by atomic mass is 32.1. The number of nitrogens with zero attached hydrogens (tertiary/aromatic N) is 1. The molecular weight excluding hydrogens is 276 g/mol. The molecule has 2 N–H and O–H groups in total. The van der Waals surface area contributed by atoms with Crippen molar-refractivity contribution < 1.29 is 14.7 Å². The van der Waals surface area contributed by atoms with E-state index in [1.165, 1.54) is 11.3 Å². The van der Waals surface area contributed by atoms with Crippen LogP contribution >= 0.6 is 11.3 Å². The number of carbonyl (C=O) groups is 2. The molecule has 0 unspecified atom stereocenters. The summed E-state index contributed by atoms with van der Waals surface area (Å²) >= 11 is 1.34. The lowest BCUT2D eigenvalue weighted by Crippen LogP contribution is -2.08. The van der Waals surface area contributed by atoms with Crippen LogP contribution in [0, 0.1) is 6.92 Å². The fraction of sp³-hybridized carbons (Fsp3) is 0.0714. The number of aromatic nitrogens is 1. The van der Waals surface area contributed by atoms with E-state index in [-0.39, 0.29) is 0 Å². The summed E-state index contributed by atoms with van der Waals surface area (Å²) in [7, 11) is 0. The van der Waals surface area contributed by atoms with Gasteiger partial charge >= 0.3 is 5.97 Å². The number of thiazole rings is 1. The quantitative estimate of drug-likeness (QED) is 0.848. The second kappa shape index (κ2) is 6.12. The van der Waals surface area contributed by atoms with Gasteiger partial charge in [0.2, 0.25) is 5.91 Å². The van der Waals surface area contributed by atoms with Crippen LogP contribution in [0.5, 0.6) is 0 Å². The van der Waals surface area contributed by atoms with E-state index < -0.39 is 11.9 Å². The van der Waals surface area contributed by atoms with E-state index in [1.807, 2.05) is 31.2 Å². The molecule has 1 heterocycles. The van der Waals surface area contributed by atoms with Crippen LogP contribution in [0.25, 0.3) is 10.4 Å². The average molecular weight is 288 g/mol. The molecule has 0 spiro atoms. The van der Waals surface area contributed by atoms with Crippen LogP contribution in [0.1, 0.15) is 5.56 Å². The molecule has 0 bridgehead atoms. The summed E-state index contributed by atoms with van der Waals surface area (Å²) in [5.74, 6) is -1.68. The Balaban J connectivity index is 2.12. The molecule has 0 atom stereocenters. The van der Waals surface area contributed by atoms with Crippen molar-refractivity contribution in [2.45, 2.75) is 6.92 Å². The van der Waals surface area contributed by atoms with E-state index >= 15 is 0 Å². The van der Waals surface area contributed by atoms with Gasteiger partial charge in [0.05, 0.1) is 4.88 Å². The number of benzene rings is 1. The number of aryl methyl sites for hydroxylation is 1. The maximum Gasteiger partial charge on any atom is 0.328 e. The number of anilines is 1. The third-order valence-electron chi connectivity index (χ3n) is 2.52. The molecule has 0 aliphatic rings. The van der Waals surface area contributed by atoms with Crippen LogP contribution in [-0.4, -0.2) is 22.0 Å². The number of rotatable bonds is 4. The summed E-state index contributed by atoms with van der Waals surface area (Å²) in [4.78, 5) is 26.8. The second-order valence-electron chi connectivity index (χ2n) is 4.01. The number of aliphatic carboxylic acids is 1. The zero-order chi connectivity index (χ0) is 14.5. The zero-order valence-electron chi connectivity index (χ0n) is 10.7. The molecule has 0 saturated carbocycles. The molecule has 0 aliphatic heterocycles. The largest absolute Gasteiger partial charge is 0.478 e. The summed E-state index contributed by atoms with van der Waals surface area (Å²) in [5, 5.41) is 11.4. The Labute approximate surface area is 119 Å². The maximum absolute atomic E-state index is 11.4. The van der Waals surface area contributed by atoms with Crippen LogP contribution in [-0.2, 0) is 9.59 Å². The maximum atomic E-state index is 11.4. The van der Waals surface area contributed by atoms with Crippen molar-refractivity contribution in [3.05, 3.63) is 48.2 Å². The Morgan fingerprint density at radius 3 is 2.75 bits per heavy atom. The normalized spacial score (nSPS) is 10.7. The number of amides is 1. The highest BCUT2D eigenvalue weighted by Crippen LogP contribution is 2.30. The van der Waals surface area contributed by atoms with Crippen LogP contribution in [0.2, 0.25) is 0 Å². The third kappa shape index (κ3) is 3.52. The summed E-state index contributed by atoms with van der Waals surface area (Å²) < 4.78 is 0. The van der Waals surface area contributed by atoms with Crippen molar-refractivity contribution in [2.75, 3.05) is 5.32 Å². The monoisotopic (exact) mass is 288 g/mol. The Bertz CT molecular complexity index is 677. The summed E-state index contributed by atoms with van der Waals surface area (Å²) in [6.45, 7) is 2.00. The highest BCUT2D eigenvalue weighted by Gasteiger charge is 2.08. The van der Waals surface area contributed by atoms with Gasteiger partial charge < -0.3 is 5.11 Å². The molecule has 1 aromatic carbocycles. The van der Waals surface area contributed by atoms with E-state index in [9.17, 15) is 9.59 Å². The lowest BCUT2D eigenvalue weighted by Gasteiger charge is -2.00. The molecule has 20 heavy (non-hydrogen) atoms. The van der Waals surface area contributed by atoms with Gasteiger partial charge in [0.1, 0.15) is 0 Å². The fourth-order valence-corrected chi connectivity index (χ4v) is 2.51. The standard InChI is InChI=1S/C14H12N2O3S/c1-9-4-2-3-5-10(9)11-8-15-14(20-11)16-12(17)6-7-13(18)19/h2-8H,1H3,(H,18,19)(H,15,16,17)/b7-6+. The van der Waals surface area contributed by atoms with Gasteiger partial charge in [-0.1, -0.05) is 35.6 Å². The first-order valence-electron chi connectivity index (χ1n) is 5.80. The number of nitrogens with one attached hydrogen (secondary N) is 1. The van der Waals surface area contributed by atoms with Crippen LogP contribution in [0.3, 0.4) is 0 Å². The third-order valence-corrected chi connectivity index (χ3v) is 3.47. The van der Waals surface area contributed by atoms with Crippen molar-refractivity contribution in [3.63, 3.8) is 0 Å². The summed E-state index contributed by atoms with van der Waals surface area (Å²) in [5.41, 5.74) is 2.19. The molecule has 1 aromatic heterocycles. The first-order valence-corrected chi connectivity index (χ1v) is 6.62. The lowest BCUT2D eigenvalue weighted by atomic mass is 10.1. The molecule has 2 aromatic rings. The minimum Gasteiger partial charge on any atom is -0.478 e. The van der Waals surface area contributed by atoms with E-state index in [2.05, 4.69) is 10.3 Å². The van der Waals surface area contributed by atoms with Gasteiger partial charge in [-0.3, -0.25) is 10.1 Å². The molecule has 0 saturated heterocycles. The van der Waals surface area contributed by atoms with Gasteiger partial charge in [-0.05, 0) is 18.1 Å². The number of carboxylic acids is 1. The summed E-state index contributed by atoms with van der Waals surface area (Å²) in [6.07, 6.45) is 3.42. The van der Waals surface area contributed by atoms with Crippen molar-refractivity contribution in [1.82, 2.24) is 4.98 Å². The molecule has 2 rings (SSSR count). The zero-order valence-corrected chi connectivity index (χ0v) is 11.5. The van der Waals surface area contributed by atoms with Crippen molar-refractivity contribution >= 4 is 28.3 Å². The van der Waals surface area contributed by atoms with Crippen LogP contribution in [0.15, 0.2) is 42.6 Å². The Morgan fingerprint density at radius 1 is 1.30 bits per heavy atom. The van der Waals surface area contributed by atoms with Crippen molar-refractivity contribution in [1.29, 1.82) is 0 Å². The van der Waals surface area contributed by atoms with Crippen LogP contribution in [0.4, 0.5) is 5.13 Å². The topological polar surface area (TPSA) is 79.3 Å². The molecule has 1 amide bonds. The Kier molecular flexibility index (Phi) is 4.27. The molecule has 6 heteroatoms. The van der Waals surface area contributed by atoms with Crippen molar-refractivity contribution in [2.24, 2.45) is 0 Å². The Morgan fingerprint density at radius 2 is 2.05 bits per heavy atom. The van der Waals surface area contributed by atoms with Crippen molar-refractivity contribution in [3.8, 4) is 10.4 Å². The lowest BCUT2D eigenvalue weighted by molar-refractivity contribution is -0.131. The van der Waals surface area contributed by atoms with E-state index in [1.54, 1.807) is 6.20 Å². The van der Waals surface area contributed by atoms with Gasteiger partial charge in [-0.15, -0.1) is 0 Å². The van der Waals surface area contributed by atoms with Gasteiger partial charge in [0, 0.05) is 18.3 Å². The average Bonchev–Trinajstić information content (AvgIpc) is 2.85. The van der Waals surface area contributed by atoms with E-state index in [4.69, 9.17) is 5.11 Å². The fourth-order valence-electron chi connectivity index (χ4n) is 1.60. The first-order chi connectivity index (χ1) is 9.56. The minimum atomic E-state index is -1.17. The van der Waals surface area contributed by atoms with Gasteiger partial charge in [0.15, 0.2) is 5.13 Å². The molecule has 0 fully saturated rings. The summed E-state index contributed by atoms with van der Waals surface area (Å²) in [6, 6.07) is 7.89. The van der Waals surface area contributed by atoms with Gasteiger partial charge in [-0.2, -0.15) is 0 Å². The Hall–Kier alpha value is -2.47.